The van der Waals surface area contributed by atoms with E-state index in [4.69, 9.17) is 27.9 Å². The number of hydrogen-bond donors (Lipinski definition) is 1. The van der Waals surface area contributed by atoms with Crippen molar-refractivity contribution in [3.63, 3.8) is 0 Å². The van der Waals surface area contributed by atoms with Crippen molar-refractivity contribution in [2.75, 3.05) is 26.0 Å². The van der Waals surface area contributed by atoms with Crippen LogP contribution < -0.4 is 10.1 Å². The van der Waals surface area contributed by atoms with E-state index in [0.717, 1.165) is 5.56 Å². The summed E-state index contributed by atoms with van der Waals surface area (Å²) >= 11 is 11.8. The number of nitrogens with one attached hydrogen (secondary N) is 1. The molecule has 0 atom stereocenters. The normalized spacial score (nSPS) is 10.2. The van der Waals surface area contributed by atoms with Crippen LogP contribution in [0.3, 0.4) is 0 Å². The largest absolute Gasteiger partial charge is 0.497 e. The molecule has 25 heavy (non-hydrogen) atoms. The molecular weight excluding hydrogens is 363 g/mol. The Morgan fingerprint density at radius 1 is 1.12 bits per heavy atom. The molecule has 0 aliphatic rings. The molecule has 2 rings (SSSR count). The van der Waals surface area contributed by atoms with Gasteiger partial charge in [-0.05, 0) is 29.8 Å². The fraction of sp³-hybridized carbons (Fsp3) is 0.222. The highest BCUT2D eigenvalue weighted by Crippen LogP contribution is 2.23. The second-order valence-corrected chi connectivity index (χ2v) is 6.27. The van der Waals surface area contributed by atoms with E-state index in [0.29, 0.717) is 21.5 Å². The van der Waals surface area contributed by atoms with E-state index in [1.807, 2.05) is 0 Å². The predicted octanol–water partition coefficient (Wildman–Crippen LogP) is 3.64. The molecule has 0 fully saturated rings. The minimum absolute atomic E-state index is 0.0582. The summed E-state index contributed by atoms with van der Waals surface area (Å²) in [4.78, 5) is 25.7. The molecule has 0 saturated carbocycles. The van der Waals surface area contributed by atoms with Crippen LogP contribution >= 0.6 is 23.2 Å². The lowest BCUT2D eigenvalue weighted by Gasteiger charge is -2.17. The Bertz CT molecular complexity index is 781. The van der Waals surface area contributed by atoms with Crippen LogP contribution in [-0.4, -0.2) is 37.4 Å². The van der Waals surface area contributed by atoms with Gasteiger partial charge in [-0.3, -0.25) is 9.59 Å². The maximum absolute atomic E-state index is 12.2. The topological polar surface area (TPSA) is 58.6 Å². The van der Waals surface area contributed by atoms with Gasteiger partial charge in [0.25, 0.3) is 0 Å². The molecule has 2 amide bonds. The number of amides is 2. The first-order valence-corrected chi connectivity index (χ1v) is 8.26. The van der Waals surface area contributed by atoms with E-state index in [1.54, 1.807) is 56.6 Å². The Morgan fingerprint density at radius 2 is 1.88 bits per heavy atom. The average molecular weight is 381 g/mol. The Hall–Kier alpha value is -2.24. The van der Waals surface area contributed by atoms with Crippen LogP contribution in [0.5, 0.6) is 5.75 Å². The lowest BCUT2D eigenvalue weighted by Crippen LogP contribution is -2.35. The summed E-state index contributed by atoms with van der Waals surface area (Å²) in [5.41, 5.74) is 1.34. The number of carbonyl (C=O) groups is 2. The average Bonchev–Trinajstić information content (AvgIpc) is 2.58. The predicted molar refractivity (Wildman–Crippen MR) is 99.4 cm³/mol. The number of nitrogens with zero attached hydrogens (tertiary/aromatic N) is 1. The van der Waals surface area contributed by atoms with Crippen molar-refractivity contribution in [3.05, 3.63) is 58.1 Å². The molecule has 1 N–H and O–H groups in total. The Kier molecular flexibility index (Phi) is 6.67. The number of ether oxygens (including phenoxy) is 1. The lowest BCUT2D eigenvalue weighted by atomic mass is 10.1. The fourth-order valence-electron chi connectivity index (χ4n) is 2.16. The number of hydrogen-bond acceptors (Lipinski definition) is 3. The molecule has 0 aliphatic carbocycles. The molecule has 5 nitrogen and oxygen atoms in total. The number of carbonyl (C=O) groups excluding carboxylic acids is 2. The standard InChI is InChI=1S/C18H18Cl2N2O3/c1-22(18(24)9-12-6-7-15(19)16(20)8-12)11-17(23)21-13-4-3-5-14(10-13)25-2/h3-8,10H,9,11H2,1-2H3,(H,21,23). The minimum atomic E-state index is -0.293. The summed E-state index contributed by atoms with van der Waals surface area (Å²) in [5, 5.41) is 3.56. The molecule has 132 valence electrons. The summed E-state index contributed by atoms with van der Waals surface area (Å²) in [7, 11) is 3.13. The van der Waals surface area contributed by atoms with Gasteiger partial charge in [0.2, 0.25) is 11.8 Å². The zero-order valence-corrected chi connectivity index (χ0v) is 15.4. The molecule has 0 heterocycles. The van der Waals surface area contributed by atoms with E-state index in [2.05, 4.69) is 5.32 Å². The van der Waals surface area contributed by atoms with Gasteiger partial charge in [-0.1, -0.05) is 35.3 Å². The maximum atomic E-state index is 12.2. The molecule has 0 bridgehead atoms. The quantitative estimate of drug-likeness (QED) is 0.831. The number of methoxy groups -OCH3 is 1. The van der Waals surface area contributed by atoms with Crippen LogP contribution in [0.25, 0.3) is 0 Å². The number of likely N-dealkylation sites (N-methyl/N-ethyl adjacent to an activating group) is 1. The Labute approximate surface area is 156 Å². The smallest absolute Gasteiger partial charge is 0.243 e. The fourth-order valence-corrected chi connectivity index (χ4v) is 2.48. The number of rotatable bonds is 6. The van der Waals surface area contributed by atoms with Gasteiger partial charge in [0.1, 0.15) is 5.75 Å². The molecule has 0 aromatic heterocycles. The molecule has 0 spiro atoms. The first-order chi connectivity index (χ1) is 11.9. The molecule has 7 heteroatoms. The summed E-state index contributed by atoms with van der Waals surface area (Å²) in [6, 6.07) is 12.0. The van der Waals surface area contributed by atoms with Crippen molar-refractivity contribution in [2.24, 2.45) is 0 Å². The Morgan fingerprint density at radius 3 is 2.56 bits per heavy atom. The van der Waals surface area contributed by atoms with Gasteiger partial charge in [0, 0.05) is 18.8 Å². The Balaban J connectivity index is 1.91. The van der Waals surface area contributed by atoms with Gasteiger partial charge in [0.15, 0.2) is 0 Å². The highest BCUT2D eigenvalue weighted by molar-refractivity contribution is 6.42. The summed E-state index contributed by atoms with van der Waals surface area (Å²) < 4.78 is 5.10. The van der Waals surface area contributed by atoms with Crippen molar-refractivity contribution in [1.82, 2.24) is 4.90 Å². The first-order valence-electron chi connectivity index (χ1n) is 7.51. The lowest BCUT2D eigenvalue weighted by molar-refractivity contribution is -0.132. The minimum Gasteiger partial charge on any atom is -0.497 e. The summed E-state index contributed by atoms with van der Waals surface area (Å²) in [6.07, 6.45) is 0.139. The van der Waals surface area contributed by atoms with Crippen LogP contribution in [0.15, 0.2) is 42.5 Å². The molecule has 0 unspecified atom stereocenters. The van der Waals surface area contributed by atoms with Gasteiger partial charge < -0.3 is 15.0 Å². The second-order valence-electron chi connectivity index (χ2n) is 5.46. The summed E-state index contributed by atoms with van der Waals surface area (Å²) in [6.45, 7) is -0.0582. The van der Waals surface area contributed by atoms with Gasteiger partial charge in [-0.15, -0.1) is 0 Å². The monoisotopic (exact) mass is 380 g/mol. The molecule has 2 aromatic carbocycles. The molecule has 2 aromatic rings. The van der Waals surface area contributed by atoms with Gasteiger partial charge in [0.05, 0.1) is 30.1 Å². The van der Waals surface area contributed by atoms with Crippen LogP contribution in [-0.2, 0) is 16.0 Å². The molecule has 0 saturated heterocycles. The van der Waals surface area contributed by atoms with Crippen molar-refractivity contribution in [2.45, 2.75) is 6.42 Å². The third-order valence-electron chi connectivity index (χ3n) is 3.50. The molecule has 0 aliphatic heterocycles. The maximum Gasteiger partial charge on any atom is 0.243 e. The third-order valence-corrected chi connectivity index (χ3v) is 4.24. The van der Waals surface area contributed by atoms with E-state index in [9.17, 15) is 9.59 Å². The van der Waals surface area contributed by atoms with E-state index >= 15 is 0 Å². The summed E-state index contributed by atoms with van der Waals surface area (Å²) in [5.74, 6) is 0.152. The van der Waals surface area contributed by atoms with Crippen molar-refractivity contribution in [1.29, 1.82) is 0 Å². The number of anilines is 1. The molecule has 0 radical (unpaired) electrons. The highest BCUT2D eigenvalue weighted by atomic mass is 35.5. The molecular formula is C18H18Cl2N2O3. The van der Waals surface area contributed by atoms with E-state index < -0.39 is 0 Å². The zero-order valence-electron chi connectivity index (χ0n) is 13.9. The number of benzene rings is 2. The van der Waals surface area contributed by atoms with Gasteiger partial charge in [-0.2, -0.15) is 0 Å². The third kappa shape index (κ3) is 5.66. The number of halogens is 2. The van der Waals surface area contributed by atoms with Gasteiger partial charge >= 0.3 is 0 Å². The second kappa shape index (κ2) is 8.74. The first kappa shape index (κ1) is 19.1. The van der Waals surface area contributed by atoms with E-state index in [1.165, 1.54) is 4.90 Å². The van der Waals surface area contributed by atoms with Crippen LogP contribution in [0.2, 0.25) is 10.0 Å². The van der Waals surface area contributed by atoms with Crippen molar-refractivity contribution in [3.8, 4) is 5.75 Å². The van der Waals surface area contributed by atoms with Gasteiger partial charge in [-0.25, -0.2) is 0 Å². The highest BCUT2D eigenvalue weighted by Gasteiger charge is 2.14. The van der Waals surface area contributed by atoms with Crippen molar-refractivity contribution < 1.29 is 14.3 Å². The van der Waals surface area contributed by atoms with Crippen molar-refractivity contribution >= 4 is 40.7 Å². The van der Waals surface area contributed by atoms with Crippen LogP contribution in [0, 0.1) is 0 Å². The van der Waals surface area contributed by atoms with E-state index in [-0.39, 0.29) is 24.8 Å². The zero-order chi connectivity index (χ0) is 18.4. The SMILES string of the molecule is COc1cccc(NC(=O)CN(C)C(=O)Cc2ccc(Cl)c(Cl)c2)c1. The van der Waals surface area contributed by atoms with Crippen LogP contribution in [0.4, 0.5) is 5.69 Å². The van der Waals surface area contributed by atoms with Crippen LogP contribution in [0.1, 0.15) is 5.56 Å².